The van der Waals surface area contributed by atoms with Crippen LogP contribution >= 0.6 is 0 Å². The Bertz CT molecular complexity index is 1140. The molecule has 11 heteroatoms. The normalized spacial score (nSPS) is 13.9. The molecule has 6 N–H and O–H groups in total. The fraction of sp³-hybridized carbons (Fsp3) is 0.700. The van der Waals surface area contributed by atoms with Crippen molar-refractivity contribution < 1.29 is 19.1 Å². The molecule has 230 valence electrons. The number of rotatable bonds is 21. The van der Waals surface area contributed by atoms with Gasteiger partial charge in [-0.15, -0.1) is 0 Å². The van der Waals surface area contributed by atoms with E-state index < -0.39 is 17.6 Å². The van der Waals surface area contributed by atoms with Crippen LogP contribution in [0.1, 0.15) is 104 Å². The van der Waals surface area contributed by atoms with Crippen LogP contribution in [0.15, 0.2) is 16.9 Å². The van der Waals surface area contributed by atoms with Crippen LogP contribution in [0.25, 0.3) is 11.2 Å². The molecule has 0 bridgehead atoms. The first-order chi connectivity index (χ1) is 19.7. The van der Waals surface area contributed by atoms with Crippen LogP contribution in [0.2, 0.25) is 0 Å². The second kappa shape index (κ2) is 19.0. The second-order valence-corrected chi connectivity index (χ2v) is 10.9. The van der Waals surface area contributed by atoms with E-state index in [1.54, 1.807) is 0 Å². The molecule has 0 radical (unpaired) electrons. The summed E-state index contributed by atoms with van der Waals surface area (Å²) in [5, 5.41) is 0. The molecule has 0 aliphatic carbocycles. The summed E-state index contributed by atoms with van der Waals surface area (Å²) in [6.45, 7) is 6.35. The van der Waals surface area contributed by atoms with Gasteiger partial charge in [0.2, 0.25) is 5.95 Å². The number of nitrogen functional groups attached to an aromatic ring is 1. The quantitative estimate of drug-likeness (QED) is 0.0932. The SMILES string of the molecule is CCCCC=CCCCCCCCC(=O)OCC(CCOC(=O)[C@@H](N)[C@@H](C)CC)Cc1nc2nc(N)[nH]c(=O)c2[nH]1. The predicted molar refractivity (Wildman–Crippen MR) is 161 cm³/mol. The Labute approximate surface area is 243 Å². The van der Waals surface area contributed by atoms with Crippen LogP contribution in [0.4, 0.5) is 5.95 Å². The first-order valence-electron chi connectivity index (χ1n) is 15.2. The number of nitrogens with one attached hydrogen (secondary N) is 2. The zero-order valence-electron chi connectivity index (χ0n) is 25.1. The van der Waals surface area contributed by atoms with Gasteiger partial charge in [-0.2, -0.15) is 4.98 Å². The summed E-state index contributed by atoms with van der Waals surface area (Å²) < 4.78 is 11.0. The highest BCUT2D eigenvalue weighted by molar-refractivity contribution is 5.75. The third-order valence-electron chi connectivity index (χ3n) is 7.33. The van der Waals surface area contributed by atoms with Crippen LogP contribution in [0.5, 0.6) is 0 Å². The Balaban J connectivity index is 1.82. The molecule has 0 saturated heterocycles. The van der Waals surface area contributed by atoms with Gasteiger partial charge in [0.1, 0.15) is 11.9 Å². The number of carbonyl (C=O) groups excluding carboxylic acids is 2. The average Bonchev–Trinajstić information content (AvgIpc) is 3.36. The highest BCUT2D eigenvalue weighted by Crippen LogP contribution is 2.16. The zero-order valence-corrected chi connectivity index (χ0v) is 25.1. The van der Waals surface area contributed by atoms with Gasteiger partial charge < -0.3 is 25.9 Å². The summed E-state index contributed by atoms with van der Waals surface area (Å²) in [7, 11) is 0. The minimum atomic E-state index is -0.683. The standard InChI is InChI=1S/C30H50N6O5/c1-4-6-7-8-9-10-11-12-13-14-15-16-24(37)41-20-22(17-18-40-29(39)25(31)21(3)5-2)19-23-33-26-27(34-23)35-30(32)36-28(26)38/h8-9,21-22,25H,4-7,10-20,31H2,1-3H3,(H4,32,33,34,35,36,38)/t21-,22?,25-/m0/s1. The number of ether oxygens (including phenoxy) is 2. The summed E-state index contributed by atoms with van der Waals surface area (Å²) in [4.78, 5) is 50.8. The minimum Gasteiger partial charge on any atom is -0.465 e. The zero-order chi connectivity index (χ0) is 30.0. The number of aromatic amines is 2. The van der Waals surface area contributed by atoms with Crippen molar-refractivity contribution in [3.05, 3.63) is 28.3 Å². The first-order valence-corrected chi connectivity index (χ1v) is 15.2. The number of fused-ring (bicyclic) bond motifs is 1. The van der Waals surface area contributed by atoms with Crippen molar-refractivity contribution in [2.45, 2.75) is 110 Å². The number of allylic oxidation sites excluding steroid dienone is 2. The molecule has 0 saturated carbocycles. The predicted octanol–water partition coefficient (Wildman–Crippen LogP) is 4.71. The van der Waals surface area contributed by atoms with Gasteiger partial charge in [0.05, 0.1) is 13.2 Å². The molecular weight excluding hydrogens is 524 g/mol. The maximum atomic E-state index is 12.4. The lowest BCUT2D eigenvalue weighted by Gasteiger charge is -2.19. The van der Waals surface area contributed by atoms with Crippen molar-refractivity contribution >= 4 is 29.1 Å². The molecule has 2 heterocycles. The summed E-state index contributed by atoms with van der Waals surface area (Å²) in [5.41, 5.74) is 11.6. The van der Waals surface area contributed by atoms with Gasteiger partial charge in [-0.1, -0.05) is 71.4 Å². The Morgan fingerprint density at radius 1 is 0.976 bits per heavy atom. The molecule has 2 aromatic heterocycles. The summed E-state index contributed by atoms with van der Waals surface area (Å²) in [6.07, 6.45) is 16.5. The number of H-pyrrole nitrogens is 2. The fourth-order valence-corrected chi connectivity index (χ4v) is 4.40. The molecule has 0 aliphatic heterocycles. The number of hydrogen-bond donors (Lipinski definition) is 4. The maximum absolute atomic E-state index is 12.4. The lowest BCUT2D eigenvalue weighted by Crippen LogP contribution is -2.38. The number of hydrogen-bond acceptors (Lipinski definition) is 9. The molecule has 41 heavy (non-hydrogen) atoms. The highest BCUT2D eigenvalue weighted by Gasteiger charge is 2.22. The molecule has 2 rings (SSSR count). The molecule has 1 unspecified atom stereocenters. The van der Waals surface area contributed by atoms with E-state index in [-0.39, 0.29) is 48.1 Å². The highest BCUT2D eigenvalue weighted by atomic mass is 16.5. The summed E-state index contributed by atoms with van der Waals surface area (Å²) in [5.74, 6) is -0.394. The molecule has 11 nitrogen and oxygen atoms in total. The van der Waals surface area contributed by atoms with Crippen molar-refractivity contribution in [2.24, 2.45) is 17.6 Å². The third kappa shape index (κ3) is 12.9. The van der Waals surface area contributed by atoms with Crippen molar-refractivity contribution in [2.75, 3.05) is 18.9 Å². The smallest absolute Gasteiger partial charge is 0.323 e. The Morgan fingerprint density at radius 3 is 2.41 bits per heavy atom. The van der Waals surface area contributed by atoms with Crippen molar-refractivity contribution in [3.63, 3.8) is 0 Å². The van der Waals surface area contributed by atoms with Gasteiger partial charge in [-0.05, 0) is 38.0 Å². The van der Waals surface area contributed by atoms with Crippen LogP contribution in [0.3, 0.4) is 0 Å². The summed E-state index contributed by atoms with van der Waals surface area (Å²) in [6, 6.07) is -0.683. The second-order valence-electron chi connectivity index (χ2n) is 10.9. The summed E-state index contributed by atoms with van der Waals surface area (Å²) >= 11 is 0. The number of anilines is 1. The topological polar surface area (TPSA) is 179 Å². The van der Waals surface area contributed by atoms with Crippen molar-refractivity contribution in [1.29, 1.82) is 0 Å². The van der Waals surface area contributed by atoms with Gasteiger partial charge in [-0.25, -0.2) is 4.98 Å². The lowest BCUT2D eigenvalue weighted by molar-refractivity contribution is -0.149. The van der Waals surface area contributed by atoms with Crippen molar-refractivity contribution in [1.82, 2.24) is 19.9 Å². The Morgan fingerprint density at radius 2 is 1.68 bits per heavy atom. The molecule has 0 aromatic carbocycles. The number of esters is 2. The third-order valence-corrected chi connectivity index (χ3v) is 7.33. The first kappa shape index (κ1) is 34.0. The van der Waals surface area contributed by atoms with E-state index in [1.165, 1.54) is 25.7 Å². The Hall–Kier alpha value is -3.21. The van der Waals surface area contributed by atoms with E-state index in [0.29, 0.717) is 25.1 Å². The van der Waals surface area contributed by atoms with E-state index in [9.17, 15) is 14.4 Å². The Kier molecular flexibility index (Phi) is 15.8. The van der Waals surface area contributed by atoms with Crippen LogP contribution in [0, 0.1) is 11.8 Å². The molecule has 0 amide bonds. The largest absolute Gasteiger partial charge is 0.465 e. The molecule has 3 atom stereocenters. The van der Waals surface area contributed by atoms with Gasteiger partial charge in [-0.3, -0.25) is 19.4 Å². The van der Waals surface area contributed by atoms with Gasteiger partial charge in [0.25, 0.3) is 5.56 Å². The lowest BCUT2D eigenvalue weighted by atomic mass is 10.0. The maximum Gasteiger partial charge on any atom is 0.323 e. The number of carbonyl (C=O) groups is 2. The van der Waals surface area contributed by atoms with Gasteiger partial charge in [0, 0.05) is 18.8 Å². The van der Waals surface area contributed by atoms with E-state index in [0.717, 1.165) is 38.5 Å². The molecule has 0 fully saturated rings. The molecular formula is C30H50N6O5. The van der Waals surface area contributed by atoms with Gasteiger partial charge >= 0.3 is 11.9 Å². The number of aromatic nitrogens is 4. The monoisotopic (exact) mass is 574 g/mol. The number of nitrogens with two attached hydrogens (primary N) is 2. The molecule has 0 spiro atoms. The number of imidazole rings is 1. The molecule has 2 aromatic rings. The molecule has 0 aliphatic rings. The average molecular weight is 575 g/mol. The van der Waals surface area contributed by atoms with E-state index in [4.69, 9.17) is 20.9 Å². The van der Waals surface area contributed by atoms with Crippen molar-refractivity contribution in [3.8, 4) is 0 Å². The van der Waals surface area contributed by atoms with E-state index in [2.05, 4.69) is 39.0 Å². The van der Waals surface area contributed by atoms with Gasteiger partial charge in [0.15, 0.2) is 11.2 Å². The van der Waals surface area contributed by atoms with E-state index in [1.807, 2.05) is 13.8 Å². The number of nitrogens with zero attached hydrogens (tertiary/aromatic N) is 2. The van der Waals surface area contributed by atoms with E-state index >= 15 is 0 Å². The fourth-order valence-electron chi connectivity index (χ4n) is 4.40. The minimum absolute atomic E-state index is 0.0141. The van der Waals surface area contributed by atoms with Crippen LogP contribution in [-0.4, -0.2) is 51.1 Å². The van der Waals surface area contributed by atoms with Crippen LogP contribution in [-0.2, 0) is 25.5 Å². The number of unbranched alkanes of at least 4 members (excludes halogenated alkanes) is 7. The van der Waals surface area contributed by atoms with Crippen LogP contribution < -0.4 is 17.0 Å².